The molecule has 0 spiro atoms. The average Bonchev–Trinajstić information content (AvgIpc) is 2.98. The van der Waals surface area contributed by atoms with Gasteiger partial charge >= 0.3 is 5.69 Å². The van der Waals surface area contributed by atoms with Gasteiger partial charge in [-0.3, -0.25) is 14.6 Å². The van der Waals surface area contributed by atoms with Gasteiger partial charge in [0.05, 0.1) is 6.10 Å². The first-order valence-electron chi connectivity index (χ1n) is 7.79. The SMILES string of the molecule is CCCN(C[C@@H]1CCCO1)C(=O)CCn1ccc(=O)[nH]c1=O. The average molecular weight is 309 g/mol. The summed E-state index contributed by atoms with van der Waals surface area (Å²) >= 11 is 0. The Bertz CT molecular complexity index is 601. The van der Waals surface area contributed by atoms with Crippen LogP contribution in [0.2, 0.25) is 0 Å². The molecular weight excluding hydrogens is 286 g/mol. The van der Waals surface area contributed by atoms with E-state index < -0.39 is 11.2 Å². The third-order valence-electron chi connectivity index (χ3n) is 3.76. The second-order valence-electron chi connectivity index (χ2n) is 5.53. The Morgan fingerprint density at radius 2 is 2.32 bits per heavy atom. The van der Waals surface area contributed by atoms with Crippen molar-refractivity contribution >= 4 is 5.91 Å². The molecular formula is C15H23N3O4. The molecule has 1 N–H and O–H groups in total. The zero-order chi connectivity index (χ0) is 15.9. The lowest BCUT2D eigenvalue weighted by Crippen LogP contribution is -2.39. The van der Waals surface area contributed by atoms with Gasteiger partial charge in [0, 0.05) is 44.9 Å². The molecule has 1 aromatic rings. The number of nitrogens with one attached hydrogen (secondary N) is 1. The minimum absolute atomic E-state index is 0.00968. The summed E-state index contributed by atoms with van der Waals surface area (Å²) in [4.78, 5) is 38.9. The van der Waals surface area contributed by atoms with Crippen LogP contribution < -0.4 is 11.2 Å². The number of amides is 1. The van der Waals surface area contributed by atoms with Crippen LogP contribution in [0.15, 0.2) is 21.9 Å². The molecule has 122 valence electrons. The van der Waals surface area contributed by atoms with Crippen molar-refractivity contribution in [2.45, 2.75) is 45.3 Å². The van der Waals surface area contributed by atoms with Crippen molar-refractivity contribution < 1.29 is 9.53 Å². The lowest BCUT2D eigenvalue weighted by Gasteiger charge is -2.25. The lowest BCUT2D eigenvalue weighted by molar-refractivity contribution is -0.133. The van der Waals surface area contributed by atoms with Crippen molar-refractivity contribution in [2.75, 3.05) is 19.7 Å². The van der Waals surface area contributed by atoms with E-state index in [1.165, 1.54) is 16.8 Å². The van der Waals surface area contributed by atoms with E-state index in [0.717, 1.165) is 25.9 Å². The van der Waals surface area contributed by atoms with Gasteiger partial charge in [-0.05, 0) is 19.3 Å². The Labute approximate surface area is 128 Å². The minimum atomic E-state index is -0.485. The normalized spacial score (nSPS) is 17.6. The van der Waals surface area contributed by atoms with Gasteiger partial charge in [0.1, 0.15) is 0 Å². The molecule has 1 aliphatic heterocycles. The second-order valence-corrected chi connectivity index (χ2v) is 5.53. The van der Waals surface area contributed by atoms with Crippen molar-refractivity contribution in [3.8, 4) is 0 Å². The molecule has 2 rings (SSSR count). The molecule has 0 bridgehead atoms. The van der Waals surface area contributed by atoms with Crippen LogP contribution in [0.5, 0.6) is 0 Å². The molecule has 22 heavy (non-hydrogen) atoms. The minimum Gasteiger partial charge on any atom is -0.376 e. The Balaban J connectivity index is 1.92. The summed E-state index contributed by atoms with van der Waals surface area (Å²) in [5.41, 5.74) is -0.917. The van der Waals surface area contributed by atoms with Crippen LogP contribution >= 0.6 is 0 Å². The Morgan fingerprint density at radius 3 is 2.95 bits per heavy atom. The smallest absolute Gasteiger partial charge is 0.328 e. The molecule has 1 fully saturated rings. The maximum Gasteiger partial charge on any atom is 0.328 e. The highest BCUT2D eigenvalue weighted by Crippen LogP contribution is 2.14. The summed E-state index contributed by atoms with van der Waals surface area (Å²) in [5, 5.41) is 0. The van der Waals surface area contributed by atoms with Crippen molar-refractivity contribution in [2.24, 2.45) is 0 Å². The van der Waals surface area contributed by atoms with Crippen LogP contribution in [-0.4, -0.2) is 46.2 Å². The fraction of sp³-hybridized carbons (Fsp3) is 0.667. The lowest BCUT2D eigenvalue weighted by atomic mass is 10.2. The first-order valence-corrected chi connectivity index (χ1v) is 7.79. The van der Waals surface area contributed by atoms with Crippen LogP contribution in [-0.2, 0) is 16.1 Å². The number of H-pyrrole nitrogens is 1. The van der Waals surface area contributed by atoms with Gasteiger partial charge in [-0.2, -0.15) is 0 Å². The summed E-state index contributed by atoms with van der Waals surface area (Å²) in [6.07, 6.45) is 4.71. The Hall–Kier alpha value is -1.89. The highest BCUT2D eigenvalue weighted by Gasteiger charge is 2.21. The zero-order valence-electron chi connectivity index (χ0n) is 12.9. The van der Waals surface area contributed by atoms with E-state index in [9.17, 15) is 14.4 Å². The molecule has 0 aliphatic carbocycles. The van der Waals surface area contributed by atoms with Gasteiger partial charge in [0.2, 0.25) is 5.91 Å². The van der Waals surface area contributed by atoms with E-state index in [-0.39, 0.29) is 25.0 Å². The van der Waals surface area contributed by atoms with E-state index in [4.69, 9.17) is 4.74 Å². The summed E-state index contributed by atoms with van der Waals surface area (Å²) in [6, 6.07) is 1.28. The van der Waals surface area contributed by atoms with Crippen LogP contribution in [0, 0.1) is 0 Å². The zero-order valence-corrected chi connectivity index (χ0v) is 12.9. The predicted molar refractivity (Wildman–Crippen MR) is 81.8 cm³/mol. The Morgan fingerprint density at radius 1 is 1.50 bits per heavy atom. The van der Waals surface area contributed by atoms with Gasteiger partial charge in [-0.15, -0.1) is 0 Å². The fourth-order valence-electron chi connectivity index (χ4n) is 2.62. The van der Waals surface area contributed by atoms with Crippen molar-refractivity contribution in [3.63, 3.8) is 0 Å². The summed E-state index contributed by atoms with van der Waals surface area (Å²) in [5.74, 6) is 0.00968. The van der Waals surface area contributed by atoms with Crippen LogP contribution in [0.25, 0.3) is 0 Å². The monoisotopic (exact) mass is 309 g/mol. The van der Waals surface area contributed by atoms with E-state index in [2.05, 4.69) is 4.98 Å². The van der Waals surface area contributed by atoms with E-state index >= 15 is 0 Å². The number of aryl methyl sites for hydroxylation is 1. The highest BCUT2D eigenvalue weighted by atomic mass is 16.5. The maximum absolute atomic E-state index is 12.4. The van der Waals surface area contributed by atoms with Crippen LogP contribution in [0.3, 0.4) is 0 Å². The maximum atomic E-state index is 12.4. The number of hydrogen-bond acceptors (Lipinski definition) is 4. The molecule has 1 aliphatic rings. The van der Waals surface area contributed by atoms with Crippen molar-refractivity contribution in [1.29, 1.82) is 0 Å². The topological polar surface area (TPSA) is 84.4 Å². The molecule has 0 saturated carbocycles. The standard InChI is InChI=1S/C15H23N3O4/c1-2-7-18(11-12-4-3-10-22-12)14(20)6-9-17-8-5-13(19)16-15(17)21/h5,8,12H,2-4,6-7,9-11H2,1H3,(H,16,19,21)/t12-/m0/s1. The van der Waals surface area contributed by atoms with Crippen molar-refractivity contribution in [1.82, 2.24) is 14.5 Å². The predicted octanol–water partition coefficient (Wildman–Crippen LogP) is 0.344. The second kappa shape index (κ2) is 7.93. The van der Waals surface area contributed by atoms with E-state index in [1.54, 1.807) is 0 Å². The van der Waals surface area contributed by atoms with Gasteiger partial charge in [-0.1, -0.05) is 6.92 Å². The summed E-state index contributed by atoms with van der Waals surface area (Å²) < 4.78 is 6.93. The fourth-order valence-corrected chi connectivity index (χ4v) is 2.62. The first kappa shape index (κ1) is 16.5. The number of aromatic nitrogens is 2. The molecule has 7 nitrogen and oxygen atoms in total. The van der Waals surface area contributed by atoms with Gasteiger partial charge in [-0.25, -0.2) is 4.79 Å². The molecule has 2 heterocycles. The summed E-state index contributed by atoms with van der Waals surface area (Å²) in [7, 11) is 0. The highest BCUT2D eigenvalue weighted by molar-refractivity contribution is 5.76. The molecule has 7 heteroatoms. The van der Waals surface area contributed by atoms with E-state index in [0.29, 0.717) is 13.1 Å². The molecule has 1 amide bonds. The van der Waals surface area contributed by atoms with Crippen LogP contribution in [0.1, 0.15) is 32.6 Å². The quantitative estimate of drug-likeness (QED) is 0.787. The molecule has 1 saturated heterocycles. The third kappa shape index (κ3) is 4.56. The first-order chi connectivity index (χ1) is 10.6. The van der Waals surface area contributed by atoms with Gasteiger partial charge in [0.25, 0.3) is 5.56 Å². The molecule has 0 radical (unpaired) electrons. The number of nitrogens with zero attached hydrogens (tertiary/aromatic N) is 2. The number of carbonyl (C=O) groups is 1. The number of hydrogen-bond donors (Lipinski definition) is 1. The number of ether oxygens (including phenoxy) is 1. The van der Waals surface area contributed by atoms with Crippen molar-refractivity contribution in [3.05, 3.63) is 33.1 Å². The molecule has 1 aromatic heterocycles. The summed E-state index contributed by atoms with van der Waals surface area (Å²) in [6.45, 7) is 4.38. The number of carbonyl (C=O) groups excluding carboxylic acids is 1. The molecule has 1 atom stereocenters. The van der Waals surface area contributed by atoms with Gasteiger partial charge in [0.15, 0.2) is 0 Å². The molecule has 0 aromatic carbocycles. The number of rotatable bonds is 7. The van der Waals surface area contributed by atoms with Gasteiger partial charge < -0.3 is 14.2 Å². The van der Waals surface area contributed by atoms with E-state index in [1.807, 2.05) is 11.8 Å². The Kier molecular flexibility index (Phi) is 5.94. The van der Waals surface area contributed by atoms with Crippen LogP contribution in [0.4, 0.5) is 0 Å². The largest absolute Gasteiger partial charge is 0.376 e. The third-order valence-corrected chi connectivity index (χ3v) is 3.76. The molecule has 0 unspecified atom stereocenters. The number of aromatic amines is 1.